The van der Waals surface area contributed by atoms with Crippen LogP contribution in [0.3, 0.4) is 0 Å². The Morgan fingerprint density at radius 2 is 1.93 bits per heavy atom. The van der Waals surface area contributed by atoms with Crippen LogP contribution in [0.4, 0.5) is 17.3 Å². The van der Waals surface area contributed by atoms with Gasteiger partial charge in [-0.1, -0.05) is 5.46 Å². The van der Waals surface area contributed by atoms with Crippen LogP contribution in [0.2, 0.25) is 0 Å². The zero-order valence-corrected chi connectivity index (χ0v) is 7.64. The van der Waals surface area contributed by atoms with E-state index in [-0.39, 0.29) is 17.6 Å². The molecule has 7 heteroatoms. The third-order valence-electron chi connectivity index (χ3n) is 1.83. The first-order valence-corrected chi connectivity index (χ1v) is 3.92. The molecule has 0 aliphatic rings. The van der Waals surface area contributed by atoms with E-state index in [2.05, 4.69) is 4.74 Å². The summed E-state index contributed by atoms with van der Waals surface area (Å²) in [6.07, 6.45) is 0.231. The second kappa shape index (κ2) is 3.92. The molecule has 0 aromatic heterocycles. The SMILES string of the molecule is COc1cc([B-](F)(F)F)c(F)cc1C=O. The summed E-state index contributed by atoms with van der Waals surface area (Å²) in [5.41, 5.74) is -1.64. The zero-order chi connectivity index (χ0) is 11.6. The van der Waals surface area contributed by atoms with Crippen LogP contribution in [0.1, 0.15) is 10.4 Å². The van der Waals surface area contributed by atoms with E-state index in [1.54, 1.807) is 0 Å². The highest BCUT2D eigenvalue weighted by Gasteiger charge is 2.30. The molecule has 0 amide bonds. The lowest BCUT2D eigenvalue weighted by atomic mass is 9.79. The third kappa shape index (κ3) is 2.29. The molecule has 0 heterocycles. The Morgan fingerprint density at radius 1 is 1.33 bits per heavy atom. The van der Waals surface area contributed by atoms with Crippen molar-refractivity contribution >= 4 is 18.7 Å². The molecule has 0 bridgehead atoms. The maximum absolute atomic E-state index is 12.9. The van der Waals surface area contributed by atoms with Crippen LogP contribution < -0.4 is 10.2 Å². The maximum Gasteiger partial charge on any atom is 0.512 e. The van der Waals surface area contributed by atoms with Crippen LogP contribution in [0.15, 0.2) is 12.1 Å². The van der Waals surface area contributed by atoms with Gasteiger partial charge in [0.1, 0.15) is 5.75 Å². The Balaban J connectivity index is 3.39. The number of benzene rings is 1. The molecular formula is C8H6BF4O2-. The third-order valence-corrected chi connectivity index (χ3v) is 1.83. The van der Waals surface area contributed by atoms with Gasteiger partial charge in [-0.05, 0) is 12.1 Å². The number of hydrogen-bond donors (Lipinski definition) is 0. The number of hydrogen-bond acceptors (Lipinski definition) is 2. The van der Waals surface area contributed by atoms with Gasteiger partial charge < -0.3 is 17.7 Å². The molecule has 1 rings (SSSR count). The van der Waals surface area contributed by atoms with E-state index in [1.165, 1.54) is 0 Å². The maximum atomic E-state index is 12.9. The summed E-state index contributed by atoms with van der Waals surface area (Å²) in [5.74, 6) is -1.76. The van der Waals surface area contributed by atoms with Gasteiger partial charge in [0.25, 0.3) is 0 Å². The number of halogens is 4. The number of rotatable bonds is 3. The minimum Gasteiger partial charge on any atom is -0.496 e. The first kappa shape index (κ1) is 11.5. The van der Waals surface area contributed by atoms with Gasteiger partial charge in [0.2, 0.25) is 0 Å². The van der Waals surface area contributed by atoms with Crippen molar-refractivity contribution in [3.8, 4) is 5.75 Å². The molecule has 0 fully saturated rings. The molecule has 0 saturated carbocycles. The number of ether oxygens (including phenoxy) is 1. The van der Waals surface area contributed by atoms with Crippen molar-refractivity contribution in [2.45, 2.75) is 0 Å². The molecule has 82 valence electrons. The summed E-state index contributed by atoms with van der Waals surface area (Å²) < 4.78 is 54.3. The van der Waals surface area contributed by atoms with Crippen LogP contribution in [0, 0.1) is 5.82 Å². The summed E-state index contributed by atoms with van der Waals surface area (Å²) in [4.78, 5) is 10.4. The van der Waals surface area contributed by atoms with Crippen LogP contribution >= 0.6 is 0 Å². The molecule has 0 N–H and O–H groups in total. The van der Waals surface area contributed by atoms with Crippen molar-refractivity contribution in [2.24, 2.45) is 0 Å². The van der Waals surface area contributed by atoms with E-state index in [4.69, 9.17) is 0 Å². The predicted octanol–water partition coefficient (Wildman–Crippen LogP) is 1.70. The number of carbonyl (C=O) groups excluding carboxylic acids is 1. The normalized spacial score (nSPS) is 11.3. The quantitative estimate of drug-likeness (QED) is 0.441. The zero-order valence-electron chi connectivity index (χ0n) is 7.64. The van der Waals surface area contributed by atoms with Gasteiger partial charge in [-0.25, -0.2) is 4.39 Å². The Bertz CT molecular complexity index is 389. The van der Waals surface area contributed by atoms with E-state index in [9.17, 15) is 22.1 Å². The molecule has 0 aliphatic carbocycles. The lowest BCUT2D eigenvalue weighted by molar-refractivity contribution is 0.112. The molecule has 0 spiro atoms. The monoisotopic (exact) mass is 221 g/mol. The second-order valence-corrected chi connectivity index (χ2v) is 2.81. The van der Waals surface area contributed by atoms with E-state index in [0.717, 1.165) is 7.11 Å². The highest BCUT2D eigenvalue weighted by Crippen LogP contribution is 2.20. The fourth-order valence-corrected chi connectivity index (χ4v) is 1.10. The average Bonchev–Trinajstić information content (AvgIpc) is 2.15. The van der Waals surface area contributed by atoms with Gasteiger partial charge in [0, 0.05) is 0 Å². The van der Waals surface area contributed by atoms with Crippen LogP contribution in [0.5, 0.6) is 5.75 Å². The first-order chi connectivity index (χ1) is 6.90. The first-order valence-electron chi connectivity index (χ1n) is 3.92. The molecular weight excluding hydrogens is 215 g/mol. The number of aldehydes is 1. The van der Waals surface area contributed by atoms with E-state index in [0.29, 0.717) is 12.1 Å². The smallest absolute Gasteiger partial charge is 0.496 e. The van der Waals surface area contributed by atoms with E-state index in [1.807, 2.05) is 0 Å². The molecule has 15 heavy (non-hydrogen) atoms. The average molecular weight is 221 g/mol. The highest BCUT2D eigenvalue weighted by molar-refractivity contribution is 6.73. The molecule has 2 nitrogen and oxygen atoms in total. The summed E-state index contributed by atoms with van der Waals surface area (Å²) in [6, 6.07) is 0.996. The molecule has 0 saturated heterocycles. The van der Waals surface area contributed by atoms with Crippen LogP contribution in [0.25, 0.3) is 0 Å². The molecule has 0 aliphatic heterocycles. The van der Waals surface area contributed by atoms with Crippen molar-refractivity contribution in [3.63, 3.8) is 0 Å². The minimum atomic E-state index is -5.45. The number of carbonyl (C=O) groups is 1. The molecule has 1 aromatic carbocycles. The van der Waals surface area contributed by atoms with Crippen LogP contribution in [-0.4, -0.2) is 20.4 Å². The van der Waals surface area contributed by atoms with Crippen molar-refractivity contribution in [2.75, 3.05) is 7.11 Å². The lowest BCUT2D eigenvalue weighted by Crippen LogP contribution is -2.37. The second-order valence-electron chi connectivity index (χ2n) is 2.81. The van der Waals surface area contributed by atoms with Gasteiger partial charge in [-0.15, -0.1) is 0 Å². The minimum absolute atomic E-state index is 0.231. The fraction of sp³-hybridized carbons (Fsp3) is 0.125. The highest BCUT2D eigenvalue weighted by atomic mass is 19.4. The largest absolute Gasteiger partial charge is 0.512 e. The van der Waals surface area contributed by atoms with E-state index >= 15 is 0 Å². The van der Waals surface area contributed by atoms with E-state index < -0.39 is 18.3 Å². The fourth-order valence-electron chi connectivity index (χ4n) is 1.10. The predicted molar refractivity (Wildman–Crippen MR) is 47.1 cm³/mol. The summed E-state index contributed by atoms with van der Waals surface area (Å²) in [7, 11) is 1.10. The van der Waals surface area contributed by atoms with Crippen molar-refractivity contribution in [1.29, 1.82) is 0 Å². The molecule has 0 atom stereocenters. The van der Waals surface area contributed by atoms with Crippen molar-refractivity contribution in [3.05, 3.63) is 23.5 Å². The number of methoxy groups -OCH3 is 1. The Kier molecular flexibility index (Phi) is 3.02. The molecule has 1 aromatic rings. The lowest BCUT2D eigenvalue weighted by Gasteiger charge is -2.17. The van der Waals surface area contributed by atoms with Gasteiger partial charge in [-0.2, -0.15) is 0 Å². The molecule has 0 unspecified atom stereocenters. The topological polar surface area (TPSA) is 26.3 Å². The van der Waals surface area contributed by atoms with Crippen LogP contribution in [-0.2, 0) is 0 Å². The summed E-state index contributed by atoms with van der Waals surface area (Å²) >= 11 is 0. The van der Waals surface area contributed by atoms with Crippen molar-refractivity contribution in [1.82, 2.24) is 0 Å². The summed E-state index contributed by atoms with van der Waals surface area (Å²) in [5, 5.41) is 0. The van der Waals surface area contributed by atoms with Gasteiger partial charge in [0.05, 0.1) is 18.5 Å². The summed E-state index contributed by atoms with van der Waals surface area (Å²) in [6.45, 7) is -5.45. The van der Waals surface area contributed by atoms with Gasteiger partial charge in [0.15, 0.2) is 6.29 Å². The Hall–Kier alpha value is -1.53. The Labute approximate surface area is 82.9 Å². The standard InChI is InChI=1S/C8H6BF4O2/c1-15-8-3-6(9(11,12)13)7(10)2-5(8)4-14/h2-4H,1H3/q-1. The van der Waals surface area contributed by atoms with Crippen molar-refractivity contribution < 1.29 is 26.9 Å². The Morgan fingerprint density at radius 3 is 2.33 bits per heavy atom. The molecule has 0 radical (unpaired) electrons. The van der Waals surface area contributed by atoms with Gasteiger partial charge in [-0.3, -0.25) is 4.79 Å². The van der Waals surface area contributed by atoms with Gasteiger partial charge >= 0.3 is 6.98 Å².